The van der Waals surface area contributed by atoms with Crippen LogP contribution in [0.15, 0.2) is 30.7 Å². The Hall–Kier alpha value is -1.46. The summed E-state index contributed by atoms with van der Waals surface area (Å²) in [6, 6.07) is 7.15. The summed E-state index contributed by atoms with van der Waals surface area (Å²) in [6.45, 7) is 10.4. The lowest BCUT2D eigenvalue weighted by atomic mass is 10.2. The van der Waals surface area contributed by atoms with E-state index in [0.29, 0.717) is 6.73 Å². The zero-order valence-electron chi connectivity index (χ0n) is 12.8. The Morgan fingerprint density at radius 2 is 2.00 bits per heavy atom. The van der Waals surface area contributed by atoms with Gasteiger partial charge >= 0.3 is 0 Å². The molecule has 2 heterocycles. The number of aryl methyl sites for hydroxylation is 1. The Labute approximate surface area is 121 Å². The third-order valence-electron chi connectivity index (χ3n) is 3.02. The van der Waals surface area contributed by atoms with E-state index in [1.54, 1.807) is 6.33 Å². The van der Waals surface area contributed by atoms with Crippen molar-refractivity contribution >= 4 is 8.07 Å². The summed E-state index contributed by atoms with van der Waals surface area (Å²) < 4.78 is 7.67. The van der Waals surface area contributed by atoms with E-state index < -0.39 is 8.07 Å². The lowest BCUT2D eigenvalue weighted by Crippen LogP contribution is -2.21. The molecule has 0 saturated heterocycles. The topological polar surface area (TPSA) is 39.9 Å². The molecule has 0 bridgehead atoms. The number of hydrogen-bond donors (Lipinski definition) is 0. The van der Waals surface area contributed by atoms with E-state index >= 15 is 0 Å². The van der Waals surface area contributed by atoms with Gasteiger partial charge in [0.1, 0.15) is 12.4 Å². The highest BCUT2D eigenvalue weighted by Crippen LogP contribution is 2.14. The highest BCUT2D eigenvalue weighted by molar-refractivity contribution is 6.76. The third-order valence-corrected chi connectivity index (χ3v) is 4.72. The van der Waals surface area contributed by atoms with Gasteiger partial charge in [-0.15, -0.1) is 0 Å². The molecule has 20 heavy (non-hydrogen) atoms. The molecule has 2 rings (SSSR count). The molecule has 0 N–H and O–H groups in total. The highest BCUT2D eigenvalue weighted by Gasteiger charge is 2.12. The van der Waals surface area contributed by atoms with Crippen LogP contribution in [0.5, 0.6) is 0 Å². The smallest absolute Gasteiger partial charge is 0.123 e. The minimum atomic E-state index is -1.01. The van der Waals surface area contributed by atoms with Crippen LogP contribution in [-0.2, 0) is 11.5 Å². The first-order valence-corrected chi connectivity index (χ1v) is 10.7. The third kappa shape index (κ3) is 4.58. The maximum absolute atomic E-state index is 5.71. The summed E-state index contributed by atoms with van der Waals surface area (Å²) in [5, 5.41) is 0. The van der Waals surface area contributed by atoms with Crippen LogP contribution in [0.2, 0.25) is 25.7 Å². The fraction of sp³-hybridized carbons (Fsp3) is 0.467. The van der Waals surface area contributed by atoms with Crippen molar-refractivity contribution in [2.75, 3.05) is 6.61 Å². The van der Waals surface area contributed by atoms with Crippen LogP contribution in [0.4, 0.5) is 0 Å². The van der Waals surface area contributed by atoms with Crippen molar-refractivity contribution < 1.29 is 4.74 Å². The molecular weight excluding hydrogens is 266 g/mol. The molecule has 4 nitrogen and oxygen atoms in total. The van der Waals surface area contributed by atoms with Crippen LogP contribution in [0.1, 0.15) is 5.69 Å². The molecule has 0 radical (unpaired) electrons. The SMILES string of the molecule is Cc1cccc(-c2cn(COCC[Si](C)(C)C)cn2)n1. The van der Waals surface area contributed by atoms with Crippen molar-refractivity contribution in [2.45, 2.75) is 39.3 Å². The molecule has 0 amide bonds. The molecule has 0 fully saturated rings. The standard InChI is InChI=1S/C15H23N3OSi/c1-13-6-5-7-14(17-13)15-10-18(11-16-15)12-19-8-9-20(2,3)4/h5-7,10-11H,8-9,12H2,1-4H3. The van der Waals surface area contributed by atoms with Gasteiger partial charge in [0.2, 0.25) is 0 Å². The van der Waals surface area contributed by atoms with Crippen LogP contribution in [0.3, 0.4) is 0 Å². The lowest BCUT2D eigenvalue weighted by molar-refractivity contribution is 0.0871. The van der Waals surface area contributed by atoms with E-state index in [2.05, 4.69) is 29.6 Å². The summed E-state index contributed by atoms with van der Waals surface area (Å²) in [6.07, 6.45) is 3.78. The van der Waals surface area contributed by atoms with Gasteiger partial charge < -0.3 is 9.30 Å². The van der Waals surface area contributed by atoms with Gasteiger partial charge in [0, 0.05) is 26.6 Å². The van der Waals surface area contributed by atoms with Gasteiger partial charge in [0.25, 0.3) is 0 Å². The average molecular weight is 289 g/mol. The van der Waals surface area contributed by atoms with Gasteiger partial charge in [0.15, 0.2) is 0 Å². The van der Waals surface area contributed by atoms with Gasteiger partial charge in [-0.3, -0.25) is 4.98 Å². The predicted molar refractivity (Wildman–Crippen MR) is 84.3 cm³/mol. The minimum Gasteiger partial charge on any atom is -0.361 e. The lowest BCUT2D eigenvalue weighted by Gasteiger charge is -2.15. The predicted octanol–water partition coefficient (Wildman–Crippen LogP) is 3.57. The largest absolute Gasteiger partial charge is 0.361 e. The van der Waals surface area contributed by atoms with Gasteiger partial charge in [-0.2, -0.15) is 0 Å². The number of nitrogens with zero attached hydrogens (tertiary/aromatic N) is 3. The first kappa shape index (κ1) is 14.9. The van der Waals surface area contributed by atoms with Crippen molar-refractivity contribution in [1.82, 2.24) is 14.5 Å². The van der Waals surface area contributed by atoms with Crippen LogP contribution in [0, 0.1) is 6.92 Å². The molecule has 108 valence electrons. The van der Waals surface area contributed by atoms with E-state index in [1.807, 2.05) is 35.9 Å². The number of pyridine rings is 1. The second-order valence-electron chi connectivity index (χ2n) is 6.29. The van der Waals surface area contributed by atoms with Gasteiger partial charge in [-0.25, -0.2) is 4.98 Å². The molecule has 2 aromatic rings. The summed E-state index contributed by atoms with van der Waals surface area (Å²) >= 11 is 0. The Balaban J connectivity index is 1.90. The first-order chi connectivity index (χ1) is 9.44. The maximum atomic E-state index is 5.71. The molecular formula is C15H23N3OSi. The van der Waals surface area contributed by atoms with Crippen molar-refractivity contribution in [3.8, 4) is 11.4 Å². The normalized spacial score (nSPS) is 11.8. The van der Waals surface area contributed by atoms with Crippen molar-refractivity contribution in [1.29, 1.82) is 0 Å². The maximum Gasteiger partial charge on any atom is 0.123 e. The fourth-order valence-electron chi connectivity index (χ4n) is 1.80. The Bertz CT molecular complexity index is 560. The summed E-state index contributed by atoms with van der Waals surface area (Å²) in [5.41, 5.74) is 2.80. The van der Waals surface area contributed by atoms with Crippen LogP contribution in [0.25, 0.3) is 11.4 Å². The second-order valence-corrected chi connectivity index (χ2v) is 11.9. The quantitative estimate of drug-likeness (QED) is 0.603. The van der Waals surface area contributed by atoms with E-state index in [9.17, 15) is 0 Å². The van der Waals surface area contributed by atoms with E-state index in [1.165, 1.54) is 6.04 Å². The fourth-order valence-corrected chi connectivity index (χ4v) is 2.55. The zero-order valence-corrected chi connectivity index (χ0v) is 13.8. The Morgan fingerprint density at radius 1 is 1.20 bits per heavy atom. The molecule has 0 aliphatic carbocycles. The molecule has 0 saturated carbocycles. The van der Waals surface area contributed by atoms with Gasteiger partial charge in [-0.1, -0.05) is 25.7 Å². The molecule has 0 spiro atoms. The molecule has 0 aliphatic rings. The highest BCUT2D eigenvalue weighted by atomic mass is 28.3. The number of rotatable bonds is 6. The van der Waals surface area contributed by atoms with Gasteiger partial charge in [0.05, 0.1) is 12.0 Å². The number of imidazole rings is 1. The first-order valence-electron chi connectivity index (χ1n) is 6.98. The average Bonchev–Trinajstić information content (AvgIpc) is 2.82. The summed E-state index contributed by atoms with van der Waals surface area (Å²) in [7, 11) is -1.01. The zero-order chi connectivity index (χ0) is 14.6. The van der Waals surface area contributed by atoms with Gasteiger partial charge in [-0.05, 0) is 25.1 Å². The number of aromatic nitrogens is 3. The van der Waals surface area contributed by atoms with Crippen molar-refractivity contribution in [3.05, 3.63) is 36.4 Å². The molecule has 0 atom stereocenters. The second kappa shape index (κ2) is 6.32. The van der Waals surface area contributed by atoms with Crippen LogP contribution >= 0.6 is 0 Å². The van der Waals surface area contributed by atoms with E-state index in [-0.39, 0.29) is 0 Å². The number of ether oxygens (including phenoxy) is 1. The van der Waals surface area contributed by atoms with Crippen LogP contribution < -0.4 is 0 Å². The van der Waals surface area contributed by atoms with Crippen molar-refractivity contribution in [3.63, 3.8) is 0 Å². The molecule has 2 aromatic heterocycles. The molecule has 0 aliphatic heterocycles. The Morgan fingerprint density at radius 3 is 2.70 bits per heavy atom. The molecule has 0 unspecified atom stereocenters. The van der Waals surface area contributed by atoms with Crippen molar-refractivity contribution in [2.24, 2.45) is 0 Å². The Kier molecular flexibility index (Phi) is 4.72. The van der Waals surface area contributed by atoms with E-state index in [0.717, 1.165) is 23.7 Å². The number of hydrogen-bond acceptors (Lipinski definition) is 3. The minimum absolute atomic E-state index is 0.559. The summed E-state index contributed by atoms with van der Waals surface area (Å²) in [4.78, 5) is 8.86. The molecule has 0 aromatic carbocycles. The molecule has 5 heteroatoms. The van der Waals surface area contributed by atoms with E-state index in [4.69, 9.17) is 4.74 Å². The monoisotopic (exact) mass is 289 g/mol. The summed E-state index contributed by atoms with van der Waals surface area (Å²) in [5.74, 6) is 0. The van der Waals surface area contributed by atoms with Crippen LogP contribution in [-0.4, -0.2) is 29.2 Å².